The van der Waals surface area contributed by atoms with E-state index in [1.807, 2.05) is 30.3 Å². The summed E-state index contributed by atoms with van der Waals surface area (Å²) in [6.07, 6.45) is 1.23. The summed E-state index contributed by atoms with van der Waals surface area (Å²) in [6, 6.07) is 9.63. The van der Waals surface area contributed by atoms with E-state index in [2.05, 4.69) is 6.58 Å². The summed E-state index contributed by atoms with van der Waals surface area (Å²) in [7, 11) is 1.46. The van der Waals surface area contributed by atoms with Crippen LogP contribution in [0.3, 0.4) is 0 Å². The monoisotopic (exact) mass is 191 g/mol. The van der Waals surface area contributed by atoms with E-state index >= 15 is 0 Å². The molecule has 0 saturated heterocycles. The van der Waals surface area contributed by atoms with Gasteiger partial charge >= 0.3 is 0 Å². The largest absolute Gasteiger partial charge is 0.274 e. The predicted molar refractivity (Wildman–Crippen MR) is 54.2 cm³/mol. The van der Waals surface area contributed by atoms with Gasteiger partial charge in [-0.1, -0.05) is 36.9 Å². The SMILES string of the molecule is C=CC(=O)N(Cc1ccccc1)OC. The Morgan fingerprint density at radius 3 is 2.64 bits per heavy atom. The average molecular weight is 191 g/mol. The molecule has 1 aromatic carbocycles. The number of hydrogen-bond donors (Lipinski definition) is 0. The summed E-state index contributed by atoms with van der Waals surface area (Å²) in [5, 5.41) is 1.25. The second-order valence-corrected chi connectivity index (χ2v) is 2.75. The maximum atomic E-state index is 11.2. The molecule has 1 amide bonds. The van der Waals surface area contributed by atoms with Gasteiger partial charge in [-0.25, -0.2) is 5.06 Å². The number of rotatable bonds is 4. The molecular weight excluding hydrogens is 178 g/mol. The zero-order chi connectivity index (χ0) is 10.4. The third kappa shape index (κ3) is 2.71. The summed E-state index contributed by atoms with van der Waals surface area (Å²) in [5.41, 5.74) is 1.02. The second kappa shape index (κ2) is 5.19. The molecule has 0 fully saturated rings. The van der Waals surface area contributed by atoms with E-state index in [9.17, 15) is 4.79 Å². The molecule has 0 radical (unpaired) electrons. The summed E-state index contributed by atoms with van der Waals surface area (Å²) in [6.45, 7) is 3.83. The van der Waals surface area contributed by atoms with Crippen LogP contribution in [0.15, 0.2) is 43.0 Å². The van der Waals surface area contributed by atoms with Crippen molar-refractivity contribution in [1.29, 1.82) is 0 Å². The van der Waals surface area contributed by atoms with Gasteiger partial charge in [0.2, 0.25) is 0 Å². The zero-order valence-electron chi connectivity index (χ0n) is 8.14. The topological polar surface area (TPSA) is 29.5 Å². The fraction of sp³-hybridized carbons (Fsp3) is 0.182. The smallest absolute Gasteiger partial charge is 0.269 e. The Morgan fingerprint density at radius 1 is 1.50 bits per heavy atom. The number of hydrogen-bond acceptors (Lipinski definition) is 2. The van der Waals surface area contributed by atoms with Gasteiger partial charge in [0.1, 0.15) is 0 Å². The van der Waals surface area contributed by atoms with Gasteiger partial charge in [0, 0.05) is 0 Å². The minimum atomic E-state index is -0.239. The van der Waals surface area contributed by atoms with Crippen LogP contribution in [0, 0.1) is 0 Å². The van der Waals surface area contributed by atoms with Crippen molar-refractivity contribution in [2.75, 3.05) is 7.11 Å². The lowest BCUT2D eigenvalue weighted by molar-refractivity contribution is -0.173. The molecule has 0 aliphatic rings. The van der Waals surface area contributed by atoms with Gasteiger partial charge < -0.3 is 0 Å². The van der Waals surface area contributed by atoms with Crippen molar-refractivity contribution in [3.8, 4) is 0 Å². The van der Waals surface area contributed by atoms with Gasteiger partial charge in [0.15, 0.2) is 0 Å². The fourth-order valence-electron chi connectivity index (χ4n) is 1.08. The number of hydroxylamine groups is 2. The molecule has 0 aliphatic carbocycles. The molecular formula is C11H13NO2. The van der Waals surface area contributed by atoms with Crippen LogP contribution in [0.4, 0.5) is 0 Å². The summed E-state index contributed by atoms with van der Waals surface area (Å²) < 4.78 is 0. The lowest BCUT2D eigenvalue weighted by atomic mass is 10.2. The van der Waals surface area contributed by atoms with Crippen LogP contribution in [0.25, 0.3) is 0 Å². The van der Waals surface area contributed by atoms with E-state index in [-0.39, 0.29) is 5.91 Å². The van der Waals surface area contributed by atoms with Crippen molar-refractivity contribution >= 4 is 5.91 Å². The van der Waals surface area contributed by atoms with Crippen LogP contribution < -0.4 is 0 Å². The maximum absolute atomic E-state index is 11.2. The van der Waals surface area contributed by atoms with Crippen molar-refractivity contribution in [3.63, 3.8) is 0 Å². The first-order chi connectivity index (χ1) is 6.77. The molecule has 74 valence electrons. The second-order valence-electron chi connectivity index (χ2n) is 2.75. The predicted octanol–water partition coefficient (Wildman–Crippen LogP) is 1.76. The summed E-state index contributed by atoms with van der Waals surface area (Å²) >= 11 is 0. The third-order valence-electron chi connectivity index (χ3n) is 1.81. The van der Waals surface area contributed by atoms with Gasteiger partial charge in [-0.3, -0.25) is 9.63 Å². The highest BCUT2D eigenvalue weighted by atomic mass is 16.7. The Morgan fingerprint density at radius 2 is 2.14 bits per heavy atom. The fourth-order valence-corrected chi connectivity index (χ4v) is 1.08. The molecule has 3 heteroatoms. The Balaban J connectivity index is 2.66. The van der Waals surface area contributed by atoms with Crippen molar-refractivity contribution in [3.05, 3.63) is 48.6 Å². The van der Waals surface area contributed by atoms with E-state index in [1.54, 1.807) is 0 Å². The van der Waals surface area contributed by atoms with Crippen molar-refractivity contribution in [2.45, 2.75) is 6.54 Å². The number of amides is 1. The molecule has 0 aromatic heterocycles. The van der Waals surface area contributed by atoms with Crippen LogP contribution >= 0.6 is 0 Å². The standard InChI is InChI=1S/C11H13NO2/c1-3-11(13)12(14-2)9-10-7-5-4-6-8-10/h3-8H,1,9H2,2H3. The van der Waals surface area contributed by atoms with Crippen LogP contribution in [-0.4, -0.2) is 18.1 Å². The molecule has 0 unspecified atom stereocenters. The number of nitrogens with zero attached hydrogens (tertiary/aromatic N) is 1. The first kappa shape index (κ1) is 10.5. The van der Waals surface area contributed by atoms with E-state index in [1.165, 1.54) is 18.2 Å². The first-order valence-corrected chi connectivity index (χ1v) is 4.30. The van der Waals surface area contributed by atoms with Crippen LogP contribution in [0.5, 0.6) is 0 Å². The Labute approximate surface area is 83.6 Å². The molecule has 0 aliphatic heterocycles. The summed E-state index contributed by atoms with van der Waals surface area (Å²) in [5.74, 6) is -0.239. The molecule has 1 aromatic rings. The Hall–Kier alpha value is -1.61. The number of benzene rings is 1. The lowest BCUT2D eigenvalue weighted by Crippen LogP contribution is -2.27. The molecule has 0 heterocycles. The highest BCUT2D eigenvalue weighted by Crippen LogP contribution is 2.04. The van der Waals surface area contributed by atoms with Crippen molar-refractivity contribution in [2.24, 2.45) is 0 Å². The number of carbonyl (C=O) groups excluding carboxylic acids is 1. The van der Waals surface area contributed by atoms with E-state index in [0.29, 0.717) is 6.54 Å². The zero-order valence-corrected chi connectivity index (χ0v) is 8.14. The van der Waals surface area contributed by atoms with Crippen molar-refractivity contribution in [1.82, 2.24) is 5.06 Å². The molecule has 3 nitrogen and oxygen atoms in total. The molecule has 0 bridgehead atoms. The Kier molecular flexibility index (Phi) is 3.88. The minimum Gasteiger partial charge on any atom is -0.274 e. The van der Waals surface area contributed by atoms with Gasteiger partial charge in [-0.15, -0.1) is 0 Å². The summed E-state index contributed by atoms with van der Waals surface area (Å²) in [4.78, 5) is 16.1. The molecule has 0 N–H and O–H groups in total. The molecule has 14 heavy (non-hydrogen) atoms. The molecule has 1 rings (SSSR count). The number of carbonyl (C=O) groups is 1. The lowest BCUT2D eigenvalue weighted by Gasteiger charge is -2.17. The van der Waals surface area contributed by atoms with E-state index < -0.39 is 0 Å². The normalized spacial score (nSPS) is 9.50. The van der Waals surface area contributed by atoms with Gasteiger partial charge in [-0.05, 0) is 11.6 Å². The quantitative estimate of drug-likeness (QED) is 0.536. The van der Waals surface area contributed by atoms with Crippen LogP contribution in [0.2, 0.25) is 0 Å². The van der Waals surface area contributed by atoms with E-state index in [4.69, 9.17) is 4.84 Å². The molecule has 0 spiro atoms. The van der Waals surface area contributed by atoms with Gasteiger partial charge in [0.25, 0.3) is 5.91 Å². The van der Waals surface area contributed by atoms with Crippen molar-refractivity contribution < 1.29 is 9.63 Å². The highest BCUT2D eigenvalue weighted by Gasteiger charge is 2.08. The molecule has 0 saturated carbocycles. The van der Waals surface area contributed by atoms with Crippen LogP contribution in [-0.2, 0) is 16.2 Å². The third-order valence-corrected chi connectivity index (χ3v) is 1.81. The highest BCUT2D eigenvalue weighted by molar-refractivity contribution is 5.86. The van der Waals surface area contributed by atoms with Gasteiger partial charge in [-0.2, -0.15) is 0 Å². The van der Waals surface area contributed by atoms with Gasteiger partial charge in [0.05, 0.1) is 13.7 Å². The average Bonchev–Trinajstić information content (AvgIpc) is 2.26. The Bertz CT molecular complexity index is 308. The van der Waals surface area contributed by atoms with E-state index in [0.717, 1.165) is 5.56 Å². The molecule has 0 atom stereocenters. The minimum absolute atomic E-state index is 0.239. The first-order valence-electron chi connectivity index (χ1n) is 4.30. The maximum Gasteiger partial charge on any atom is 0.269 e. The van der Waals surface area contributed by atoms with Crippen LogP contribution in [0.1, 0.15) is 5.56 Å².